The van der Waals surface area contributed by atoms with Gasteiger partial charge in [0.1, 0.15) is 16.7 Å². The van der Waals surface area contributed by atoms with Gasteiger partial charge in [-0.3, -0.25) is 14.4 Å². The van der Waals surface area contributed by atoms with Gasteiger partial charge in [0.25, 0.3) is 5.24 Å². The van der Waals surface area contributed by atoms with Crippen LogP contribution in [0.1, 0.15) is 6.42 Å². The van der Waals surface area contributed by atoms with Crippen LogP contribution in [0, 0.1) is 0 Å². The van der Waals surface area contributed by atoms with Gasteiger partial charge >= 0.3 is 0 Å². The Labute approximate surface area is 157 Å². The van der Waals surface area contributed by atoms with Crippen LogP contribution in [-0.2, 0) is 9.59 Å². The third-order valence-corrected chi connectivity index (χ3v) is 4.90. The van der Waals surface area contributed by atoms with Gasteiger partial charge in [-0.25, -0.2) is 4.90 Å². The van der Waals surface area contributed by atoms with Gasteiger partial charge < -0.3 is 15.5 Å². The number of imide groups is 1. The zero-order valence-electron chi connectivity index (χ0n) is 13.2. The Balaban J connectivity index is 1.69. The fourth-order valence-electron chi connectivity index (χ4n) is 2.40. The molecule has 1 saturated heterocycles. The molecule has 2 aromatic carbocycles. The standard InChI is InChI=1S/C17H13ClN2O5S/c18-9-1-6-13(22)12(7-9)19-15(23)8-14-16(24)20(17(25)26-14)10-2-4-11(21)5-3-10/h1-7,14,21-22H,8H2,(H,19,23). The van der Waals surface area contributed by atoms with Crippen molar-refractivity contribution >= 4 is 51.8 Å². The first-order valence-electron chi connectivity index (χ1n) is 7.47. The van der Waals surface area contributed by atoms with Crippen molar-refractivity contribution in [1.29, 1.82) is 0 Å². The summed E-state index contributed by atoms with van der Waals surface area (Å²) in [5.74, 6) is -1.20. The second-order valence-electron chi connectivity index (χ2n) is 5.48. The zero-order chi connectivity index (χ0) is 18.8. The monoisotopic (exact) mass is 392 g/mol. The van der Waals surface area contributed by atoms with Crippen LogP contribution in [0.25, 0.3) is 0 Å². The fraction of sp³-hybridized carbons (Fsp3) is 0.118. The summed E-state index contributed by atoms with van der Waals surface area (Å²) in [5.41, 5.74) is 0.445. The summed E-state index contributed by atoms with van der Waals surface area (Å²) in [6, 6.07) is 9.80. The van der Waals surface area contributed by atoms with Gasteiger partial charge in [-0.1, -0.05) is 11.6 Å². The van der Waals surface area contributed by atoms with Gasteiger partial charge in [0.2, 0.25) is 11.8 Å². The third-order valence-electron chi connectivity index (χ3n) is 3.63. The molecule has 1 unspecified atom stereocenters. The molecule has 1 aliphatic rings. The number of amides is 3. The number of phenolic OH excluding ortho intramolecular Hbond substituents is 2. The lowest BCUT2D eigenvalue weighted by molar-refractivity contribution is -0.121. The molecular formula is C17H13ClN2O5S. The van der Waals surface area contributed by atoms with E-state index in [0.29, 0.717) is 10.7 Å². The summed E-state index contributed by atoms with van der Waals surface area (Å²) >= 11 is 6.57. The number of aromatic hydroxyl groups is 2. The number of carbonyl (C=O) groups excluding carboxylic acids is 3. The molecule has 1 atom stereocenters. The van der Waals surface area contributed by atoms with Gasteiger partial charge in [-0.15, -0.1) is 0 Å². The largest absolute Gasteiger partial charge is 0.508 e. The van der Waals surface area contributed by atoms with Gasteiger partial charge in [-0.2, -0.15) is 0 Å². The average molecular weight is 393 g/mol. The van der Waals surface area contributed by atoms with Crippen molar-refractivity contribution in [1.82, 2.24) is 0 Å². The first-order chi connectivity index (χ1) is 12.3. The molecule has 0 aliphatic carbocycles. The van der Waals surface area contributed by atoms with E-state index in [-0.39, 0.29) is 23.6 Å². The lowest BCUT2D eigenvalue weighted by atomic mass is 10.2. The molecule has 0 radical (unpaired) electrons. The van der Waals surface area contributed by atoms with E-state index in [2.05, 4.69) is 5.32 Å². The average Bonchev–Trinajstić information content (AvgIpc) is 2.86. The maximum absolute atomic E-state index is 12.5. The summed E-state index contributed by atoms with van der Waals surface area (Å²) in [6.45, 7) is 0. The molecule has 3 rings (SSSR count). The van der Waals surface area contributed by atoms with Crippen LogP contribution in [0.15, 0.2) is 42.5 Å². The van der Waals surface area contributed by atoms with Crippen molar-refractivity contribution in [2.45, 2.75) is 11.7 Å². The van der Waals surface area contributed by atoms with Crippen molar-refractivity contribution in [3.8, 4) is 11.5 Å². The van der Waals surface area contributed by atoms with E-state index >= 15 is 0 Å². The number of anilines is 2. The lowest BCUT2D eigenvalue weighted by Crippen LogP contribution is -2.32. The Morgan fingerprint density at radius 2 is 1.85 bits per heavy atom. The number of hydrogen-bond acceptors (Lipinski definition) is 6. The Hall–Kier alpha value is -2.71. The minimum Gasteiger partial charge on any atom is -0.508 e. The van der Waals surface area contributed by atoms with E-state index in [1.807, 2.05) is 0 Å². The predicted octanol–water partition coefficient (Wildman–Crippen LogP) is 3.35. The highest BCUT2D eigenvalue weighted by molar-refractivity contribution is 8.15. The second-order valence-corrected chi connectivity index (χ2v) is 7.07. The van der Waals surface area contributed by atoms with Crippen molar-refractivity contribution in [3.05, 3.63) is 47.5 Å². The van der Waals surface area contributed by atoms with Crippen molar-refractivity contribution in [2.24, 2.45) is 0 Å². The number of nitrogens with one attached hydrogen (secondary N) is 1. The maximum atomic E-state index is 12.5. The summed E-state index contributed by atoms with van der Waals surface area (Å²) in [4.78, 5) is 37.8. The van der Waals surface area contributed by atoms with Crippen LogP contribution in [-0.4, -0.2) is 32.5 Å². The third kappa shape index (κ3) is 3.76. The zero-order valence-corrected chi connectivity index (χ0v) is 14.8. The number of benzene rings is 2. The van der Waals surface area contributed by atoms with Gasteiger partial charge in [0.15, 0.2) is 0 Å². The number of hydrogen-bond donors (Lipinski definition) is 3. The van der Waals surface area contributed by atoms with E-state index < -0.39 is 22.3 Å². The van der Waals surface area contributed by atoms with Crippen LogP contribution in [0.4, 0.5) is 16.2 Å². The van der Waals surface area contributed by atoms with E-state index in [1.54, 1.807) is 0 Å². The molecule has 0 spiro atoms. The van der Waals surface area contributed by atoms with Crippen LogP contribution in [0.3, 0.4) is 0 Å². The fourth-order valence-corrected chi connectivity index (χ4v) is 3.56. The van der Waals surface area contributed by atoms with Crippen LogP contribution in [0.5, 0.6) is 11.5 Å². The molecule has 0 saturated carbocycles. The normalized spacial score (nSPS) is 16.8. The first kappa shape index (κ1) is 18.1. The maximum Gasteiger partial charge on any atom is 0.293 e. The highest BCUT2D eigenvalue weighted by Gasteiger charge is 2.41. The van der Waals surface area contributed by atoms with E-state index in [0.717, 1.165) is 16.7 Å². The quantitative estimate of drug-likeness (QED) is 0.689. The van der Waals surface area contributed by atoms with Crippen LogP contribution >= 0.6 is 23.4 Å². The molecule has 7 nitrogen and oxygen atoms in total. The molecule has 1 aliphatic heterocycles. The summed E-state index contributed by atoms with van der Waals surface area (Å²) in [6.07, 6.45) is -0.240. The summed E-state index contributed by atoms with van der Waals surface area (Å²) in [5, 5.41) is 20.5. The summed E-state index contributed by atoms with van der Waals surface area (Å²) < 4.78 is 0. The van der Waals surface area contributed by atoms with E-state index in [4.69, 9.17) is 11.6 Å². The van der Waals surface area contributed by atoms with E-state index in [1.165, 1.54) is 42.5 Å². The molecule has 0 aromatic heterocycles. The topological polar surface area (TPSA) is 107 Å². The first-order valence-corrected chi connectivity index (χ1v) is 8.73. The molecule has 3 N–H and O–H groups in total. The number of nitrogens with zero attached hydrogens (tertiary/aromatic N) is 1. The van der Waals surface area contributed by atoms with Gasteiger partial charge in [0.05, 0.1) is 11.4 Å². The number of halogens is 1. The van der Waals surface area contributed by atoms with Crippen molar-refractivity contribution < 1.29 is 24.6 Å². The predicted molar refractivity (Wildman–Crippen MR) is 98.7 cm³/mol. The Morgan fingerprint density at radius 3 is 2.54 bits per heavy atom. The molecule has 3 amide bonds. The van der Waals surface area contributed by atoms with Crippen LogP contribution in [0.2, 0.25) is 5.02 Å². The minimum absolute atomic E-state index is 0.0118. The molecular weight excluding hydrogens is 380 g/mol. The number of rotatable bonds is 4. The molecule has 1 fully saturated rings. The molecule has 26 heavy (non-hydrogen) atoms. The SMILES string of the molecule is O=C(CC1SC(=O)N(c2ccc(O)cc2)C1=O)Nc1cc(Cl)ccc1O. The molecule has 0 bridgehead atoms. The van der Waals surface area contributed by atoms with E-state index in [9.17, 15) is 24.6 Å². The molecule has 2 aromatic rings. The second kappa shape index (κ2) is 7.27. The number of carbonyl (C=O) groups is 3. The highest BCUT2D eigenvalue weighted by Crippen LogP contribution is 2.34. The Bertz CT molecular complexity index is 887. The smallest absolute Gasteiger partial charge is 0.293 e. The number of phenols is 2. The Morgan fingerprint density at radius 1 is 1.15 bits per heavy atom. The molecule has 134 valence electrons. The lowest BCUT2D eigenvalue weighted by Gasteiger charge is -2.14. The highest BCUT2D eigenvalue weighted by atomic mass is 35.5. The Kier molecular flexibility index (Phi) is 5.06. The van der Waals surface area contributed by atoms with Gasteiger partial charge in [0, 0.05) is 11.4 Å². The van der Waals surface area contributed by atoms with Gasteiger partial charge in [-0.05, 0) is 54.2 Å². The molecule has 1 heterocycles. The van der Waals surface area contributed by atoms with Crippen molar-refractivity contribution in [3.63, 3.8) is 0 Å². The van der Waals surface area contributed by atoms with Crippen LogP contribution < -0.4 is 10.2 Å². The minimum atomic E-state index is -0.877. The van der Waals surface area contributed by atoms with Crippen molar-refractivity contribution in [2.75, 3.05) is 10.2 Å². The number of thioether (sulfide) groups is 1. The summed E-state index contributed by atoms with van der Waals surface area (Å²) in [7, 11) is 0. The molecule has 9 heteroatoms.